The topological polar surface area (TPSA) is 46.2 Å². The number of thiophene rings is 1. The van der Waals surface area contributed by atoms with Crippen molar-refractivity contribution in [2.75, 3.05) is 18.6 Å². The standard InChI is InChI=1S/C14H13Cl2NO2S2/c1-21(19)5-4-17-14(18)13-3-2-12(20-13)9-6-10(15)8-11(16)7-9/h2-3,6-8H,4-5H2,1H3,(H,17,18)/t21-/m0/s1. The van der Waals surface area contributed by atoms with E-state index < -0.39 is 10.8 Å². The van der Waals surface area contributed by atoms with E-state index in [1.165, 1.54) is 11.3 Å². The zero-order valence-electron chi connectivity index (χ0n) is 11.2. The van der Waals surface area contributed by atoms with Crippen molar-refractivity contribution in [3.8, 4) is 10.4 Å². The minimum atomic E-state index is -0.909. The van der Waals surface area contributed by atoms with Crippen LogP contribution >= 0.6 is 34.5 Å². The van der Waals surface area contributed by atoms with Crippen LogP contribution in [0.2, 0.25) is 10.0 Å². The molecule has 7 heteroatoms. The molecule has 112 valence electrons. The second kappa shape index (κ2) is 7.40. The number of nitrogens with one attached hydrogen (secondary N) is 1. The lowest BCUT2D eigenvalue weighted by molar-refractivity contribution is 0.0960. The first-order chi connectivity index (χ1) is 9.95. The van der Waals surface area contributed by atoms with Crippen LogP contribution in [0.1, 0.15) is 9.67 Å². The molecule has 0 fully saturated rings. The van der Waals surface area contributed by atoms with E-state index in [1.54, 1.807) is 30.5 Å². The molecular formula is C14H13Cl2NO2S2. The van der Waals surface area contributed by atoms with Crippen molar-refractivity contribution in [1.29, 1.82) is 0 Å². The zero-order valence-corrected chi connectivity index (χ0v) is 14.3. The molecule has 0 saturated carbocycles. The zero-order chi connectivity index (χ0) is 15.4. The maximum atomic E-state index is 12.0. The Kier molecular flexibility index (Phi) is 5.81. The van der Waals surface area contributed by atoms with Crippen molar-refractivity contribution in [3.05, 3.63) is 45.3 Å². The summed E-state index contributed by atoms with van der Waals surface area (Å²) in [7, 11) is -0.909. The lowest BCUT2D eigenvalue weighted by Crippen LogP contribution is -2.26. The number of hydrogen-bond acceptors (Lipinski definition) is 3. The van der Waals surface area contributed by atoms with Gasteiger partial charge in [0.15, 0.2) is 0 Å². The van der Waals surface area contributed by atoms with Crippen LogP contribution in [0.4, 0.5) is 0 Å². The highest BCUT2D eigenvalue weighted by Gasteiger charge is 2.11. The first-order valence-corrected chi connectivity index (χ1v) is 9.40. The van der Waals surface area contributed by atoms with Gasteiger partial charge in [0.1, 0.15) is 0 Å². The van der Waals surface area contributed by atoms with Crippen LogP contribution in [-0.4, -0.2) is 28.7 Å². The van der Waals surface area contributed by atoms with Gasteiger partial charge in [-0.3, -0.25) is 9.00 Å². The molecular weight excluding hydrogens is 349 g/mol. The molecule has 1 heterocycles. The molecule has 2 rings (SSSR count). The van der Waals surface area contributed by atoms with E-state index in [9.17, 15) is 9.00 Å². The molecule has 0 bridgehead atoms. The van der Waals surface area contributed by atoms with Crippen LogP contribution < -0.4 is 5.32 Å². The van der Waals surface area contributed by atoms with Crippen molar-refractivity contribution in [2.45, 2.75) is 0 Å². The molecule has 0 saturated heterocycles. The minimum absolute atomic E-state index is 0.162. The fraction of sp³-hybridized carbons (Fsp3) is 0.214. The molecule has 1 aromatic heterocycles. The number of rotatable bonds is 5. The van der Waals surface area contributed by atoms with Gasteiger partial charge in [-0.2, -0.15) is 0 Å². The Bertz CT molecular complexity index is 665. The van der Waals surface area contributed by atoms with Crippen LogP contribution in [0.5, 0.6) is 0 Å². The fourth-order valence-corrected chi connectivity index (χ4v) is 3.53. The second-order valence-corrected chi connectivity index (χ2v) is 7.87. The van der Waals surface area contributed by atoms with Crippen molar-refractivity contribution in [3.63, 3.8) is 0 Å². The smallest absolute Gasteiger partial charge is 0.261 e. The average Bonchev–Trinajstić information content (AvgIpc) is 2.86. The van der Waals surface area contributed by atoms with Crippen LogP contribution in [0.3, 0.4) is 0 Å². The molecule has 0 unspecified atom stereocenters. The summed E-state index contributed by atoms with van der Waals surface area (Å²) in [5.74, 6) is 0.290. The van der Waals surface area contributed by atoms with Crippen molar-refractivity contribution < 1.29 is 9.00 Å². The predicted molar refractivity (Wildman–Crippen MR) is 91.0 cm³/mol. The number of halogens is 2. The van der Waals surface area contributed by atoms with Gasteiger partial charge >= 0.3 is 0 Å². The summed E-state index contributed by atoms with van der Waals surface area (Å²) >= 11 is 13.3. The molecule has 0 aliphatic rings. The van der Waals surface area contributed by atoms with Gasteiger partial charge in [0.25, 0.3) is 5.91 Å². The van der Waals surface area contributed by atoms with Gasteiger partial charge in [0.2, 0.25) is 0 Å². The molecule has 0 radical (unpaired) electrons. The highest BCUT2D eigenvalue weighted by molar-refractivity contribution is 7.84. The third kappa shape index (κ3) is 4.81. The molecule has 0 spiro atoms. The van der Waals surface area contributed by atoms with E-state index in [0.717, 1.165) is 10.4 Å². The Balaban J connectivity index is 2.10. The molecule has 0 aliphatic carbocycles. The van der Waals surface area contributed by atoms with E-state index >= 15 is 0 Å². The van der Waals surface area contributed by atoms with Gasteiger partial charge in [-0.25, -0.2) is 0 Å². The minimum Gasteiger partial charge on any atom is -0.350 e. The van der Waals surface area contributed by atoms with Crippen LogP contribution in [-0.2, 0) is 10.8 Å². The SMILES string of the molecule is C[S@](=O)CCNC(=O)c1ccc(-c2cc(Cl)cc(Cl)c2)s1. The Morgan fingerprint density at radius 2 is 1.90 bits per heavy atom. The Morgan fingerprint density at radius 3 is 2.52 bits per heavy atom. The molecule has 1 amide bonds. The van der Waals surface area contributed by atoms with E-state index in [2.05, 4.69) is 5.32 Å². The average molecular weight is 362 g/mol. The third-order valence-electron chi connectivity index (χ3n) is 2.65. The highest BCUT2D eigenvalue weighted by atomic mass is 35.5. The summed E-state index contributed by atoms with van der Waals surface area (Å²) in [6.07, 6.45) is 1.61. The summed E-state index contributed by atoms with van der Waals surface area (Å²) in [4.78, 5) is 13.5. The van der Waals surface area contributed by atoms with E-state index in [1.807, 2.05) is 6.07 Å². The van der Waals surface area contributed by atoms with Crippen LogP contribution in [0, 0.1) is 0 Å². The monoisotopic (exact) mass is 361 g/mol. The largest absolute Gasteiger partial charge is 0.350 e. The molecule has 0 aliphatic heterocycles. The number of carbonyl (C=O) groups excluding carboxylic acids is 1. The summed E-state index contributed by atoms with van der Waals surface area (Å²) < 4.78 is 11.0. The molecule has 1 aromatic carbocycles. The first kappa shape index (κ1) is 16.5. The summed E-state index contributed by atoms with van der Waals surface area (Å²) in [5.41, 5.74) is 0.881. The van der Waals surface area contributed by atoms with Gasteiger partial charge < -0.3 is 5.32 Å². The number of benzene rings is 1. The molecule has 2 aromatic rings. The molecule has 21 heavy (non-hydrogen) atoms. The Hall–Kier alpha value is -0.880. The number of amides is 1. The van der Waals surface area contributed by atoms with Gasteiger partial charge in [-0.05, 0) is 35.9 Å². The summed E-state index contributed by atoms with van der Waals surface area (Å²) in [6, 6.07) is 8.90. The fourth-order valence-electron chi connectivity index (χ4n) is 1.71. The summed E-state index contributed by atoms with van der Waals surface area (Å²) in [6.45, 7) is 0.401. The van der Waals surface area contributed by atoms with Gasteiger partial charge in [0, 0.05) is 44.3 Å². The Labute approximate surface area is 139 Å². The van der Waals surface area contributed by atoms with Crippen molar-refractivity contribution >= 4 is 51.2 Å². The number of hydrogen-bond donors (Lipinski definition) is 1. The van der Waals surface area contributed by atoms with Crippen LogP contribution in [0.15, 0.2) is 30.3 Å². The van der Waals surface area contributed by atoms with E-state index in [0.29, 0.717) is 27.2 Å². The van der Waals surface area contributed by atoms with E-state index in [-0.39, 0.29) is 5.91 Å². The van der Waals surface area contributed by atoms with Crippen LogP contribution in [0.25, 0.3) is 10.4 Å². The number of carbonyl (C=O) groups is 1. The predicted octanol–water partition coefficient (Wildman–Crippen LogP) is 3.83. The Morgan fingerprint density at radius 1 is 1.24 bits per heavy atom. The maximum Gasteiger partial charge on any atom is 0.261 e. The van der Waals surface area contributed by atoms with E-state index in [4.69, 9.17) is 23.2 Å². The lowest BCUT2D eigenvalue weighted by atomic mass is 10.2. The normalized spacial score (nSPS) is 12.1. The summed E-state index contributed by atoms with van der Waals surface area (Å²) in [5, 5.41) is 3.86. The highest BCUT2D eigenvalue weighted by Crippen LogP contribution is 2.32. The molecule has 1 N–H and O–H groups in total. The second-order valence-electron chi connectivity index (χ2n) is 4.36. The third-order valence-corrected chi connectivity index (χ3v) is 5.00. The first-order valence-electron chi connectivity index (χ1n) is 6.10. The molecule has 3 nitrogen and oxygen atoms in total. The van der Waals surface area contributed by atoms with Gasteiger partial charge in [-0.1, -0.05) is 23.2 Å². The molecule has 1 atom stereocenters. The van der Waals surface area contributed by atoms with Crippen molar-refractivity contribution in [1.82, 2.24) is 5.32 Å². The lowest BCUT2D eigenvalue weighted by Gasteiger charge is -2.02. The van der Waals surface area contributed by atoms with Gasteiger partial charge in [0.05, 0.1) is 4.88 Å². The van der Waals surface area contributed by atoms with Crippen molar-refractivity contribution in [2.24, 2.45) is 0 Å². The maximum absolute atomic E-state index is 12.0. The quantitative estimate of drug-likeness (QED) is 0.879. The van der Waals surface area contributed by atoms with Gasteiger partial charge in [-0.15, -0.1) is 11.3 Å².